The zero-order valence-corrected chi connectivity index (χ0v) is 17.0. The van der Waals surface area contributed by atoms with Gasteiger partial charge in [0.1, 0.15) is 17.2 Å². The number of nitrogens with one attached hydrogen (secondary N) is 1. The van der Waals surface area contributed by atoms with E-state index < -0.39 is 0 Å². The number of nitrogens with zero attached hydrogens (tertiary/aromatic N) is 3. The van der Waals surface area contributed by atoms with Crippen LogP contribution < -0.4 is 10.2 Å². The van der Waals surface area contributed by atoms with Crippen LogP contribution in [0, 0.1) is 0 Å². The van der Waals surface area contributed by atoms with Crippen LogP contribution in [0.1, 0.15) is 5.56 Å². The number of rotatable bonds is 5. The minimum absolute atomic E-state index is 0.666. The molecule has 5 heteroatoms. The number of benzene rings is 3. The maximum Gasteiger partial charge on any atom is 0.227 e. The molecule has 0 aliphatic carbocycles. The third kappa shape index (κ3) is 3.46. The average Bonchev–Trinajstić information content (AvgIpc) is 3.22. The first-order valence-corrected chi connectivity index (χ1v) is 9.93. The highest BCUT2D eigenvalue weighted by Crippen LogP contribution is 2.32. The summed E-state index contributed by atoms with van der Waals surface area (Å²) in [6, 6.07) is 26.6. The van der Waals surface area contributed by atoms with Gasteiger partial charge in [-0.2, -0.15) is 4.98 Å². The molecule has 0 unspecified atom stereocenters. The maximum atomic E-state index is 6.05. The van der Waals surface area contributed by atoms with Gasteiger partial charge in [-0.1, -0.05) is 54.6 Å². The SMILES string of the molecule is CN(C)c1nc(NCc2ccccc2)c2ccc(-c3cc4ccccc4o3)cc2n1. The summed E-state index contributed by atoms with van der Waals surface area (Å²) < 4.78 is 6.05. The Hall–Kier alpha value is -3.86. The summed E-state index contributed by atoms with van der Waals surface area (Å²) in [6.45, 7) is 0.700. The molecule has 0 spiro atoms. The van der Waals surface area contributed by atoms with Crippen molar-refractivity contribution in [3.63, 3.8) is 0 Å². The van der Waals surface area contributed by atoms with Crippen molar-refractivity contribution >= 4 is 33.6 Å². The van der Waals surface area contributed by atoms with E-state index in [0.29, 0.717) is 12.5 Å². The fraction of sp³-hybridized carbons (Fsp3) is 0.120. The molecule has 0 aliphatic rings. The van der Waals surface area contributed by atoms with Gasteiger partial charge in [0.15, 0.2) is 0 Å². The van der Waals surface area contributed by atoms with E-state index in [4.69, 9.17) is 14.4 Å². The molecular formula is C25H22N4O. The summed E-state index contributed by atoms with van der Waals surface area (Å²) in [4.78, 5) is 11.4. The van der Waals surface area contributed by atoms with Gasteiger partial charge in [0.25, 0.3) is 0 Å². The molecule has 0 saturated carbocycles. The van der Waals surface area contributed by atoms with Crippen molar-refractivity contribution in [2.24, 2.45) is 0 Å². The monoisotopic (exact) mass is 394 g/mol. The Kier molecular flexibility index (Phi) is 4.56. The Labute approximate surface area is 175 Å². The number of aromatic nitrogens is 2. The lowest BCUT2D eigenvalue weighted by atomic mass is 10.1. The lowest BCUT2D eigenvalue weighted by molar-refractivity contribution is 0.631. The molecule has 0 atom stereocenters. The molecule has 3 aromatic carbocycles. The Morgan fingerprint density at radius 3 is 2.47 bits per heavy atom. The van der Waals surface area contributed by atoms with Crippen molar-refractivity contribution in [3.05, 3.63) is 84.4 Å². The zero-order valence-electron chi connectivity index (χ0n) is 17.0. The largest absolute Gasteiger partial charge is 0.456 e. The lowest BCUT2D eigenvalue weighted by Gasteiger charge is -2.15. The Morgan fingerprint density at radius 1 is 0.867 bits per heavy atom. The topological polar surface area (TPSA) is 54.2 Å². The molecule has 2 aromatic heterocycles. The van der Waals surface area contributed by atoms with Crippen molar-refractivity contribution in [2.75, 3.05) is 24.3 Å². The van der Waals surface area contributed by atoms with Crippen LogP contribution in [0.3, 0.4) is 0 Å². The van der Waals surface area contributed by atoms with Gasteiger partial charge in [0.05, 0.1) is 5.52 Å². The van der Waals surface area contributed by atoms with Gasteiger partial charge in [-0.25, -0.2) is 4.98 Å². The second-order valence-electron chi connectivity index (χ2n) is 7.49. The van der Waals surface area contributed by atoms with Gasteiger partial charge in [-0.05, 0) is 29.8 Å². The number of para-hydroxylation sites is 1. The standard InChI is InChI=1S/C25H22N4O/c1-29(2)25-27-21-14-19(23-15-18-10-6-7-11-22(18)30-23)12-13-20(21)24(28-25)26-16-17-8-4-3-5-9-17/h3-15H,16H2,1-2H3,(H,26,27,28). The van der Waals surface area contributed by atoms with E-state index in [1.54, 1.807) is 0 Å². The first kappa shape index (κ1) is 18.2. The van der Waals surface area contributed by atoms with Crippen LogP contribution in [0.4, 0.5) is 11.8 Å². The number of furan rings is 1. The van der Waals surface area contributed by atoms with Crippen LogP contribution in [-0.4, -0.2) is 24.1 Å². The summed E-state index contributed by atoms with van der Waals surface area (Å²) in [5, 5.41) is 5.55. The van der Waals surface area contributed by atoms with Crippen molar-refractivity contribution in [1.82, 2.24) is 9.97 Å². The summed E-state index contributed by atoms with van der Waals surface area (Å²) >= 11 is 0. The summed E-state index contributed by atoms with van der Waals surface area (Å²) in [7, 11) is 3.90. The molecule has 0 aliphatic heterocycles. The number of fused-ring (bicyclic) bond motifs is 2. The van der Waals surface area contributed by atoms with Gasteiger partial charge in [-0.15, -0.1) is 0 Å². The molecule has 30 heavy (non-hydrogen) atoms. The van der Waals surface area contributed by atoms with Crippen LogP contribution in [0.2, 0.25) is 0 Å². The first-order chi connectivity index (χ1) is 14.7. The Bertz CT molecular complexity index is 1290. The van der Waals surface area contributed by atoms with E-state index in [1.807, 2.05) is 55.4 Å². The minimum Gasteiger partial charge on any atom is -0.456 e. The minimum atomic E-state index is 0.666. The molecule has 5 rings (SSSR count). The Balaban J connectivity index is 1.56. The molecule has 0 bridgehead atoms. The zero-order chi connectivity index (χ0) is 20.5. The molecule has 5 nitrogen and oxygen atoms in total. The smallest absolute Gasteiger partial charge is 0.227 e. The fourth-order valence-corrected chi connectivity index (χ4v) is 3.51. The highest BCUT2D eigenvalue weighted by molar-refractivity contribution is 5.93. The fourth-order valence-electron chi connectivity index (χ4n) is 3.51. The molecular weight excluding hydrogens is 372 g/mol. The van der Waals surface area contributed by atoms with E-state index in [2.05, 4.69) is 47.8 Å². The highest BCUT2D eigenvalue weighted by Gasteiger charge is 2.12. The molecule has 1 N–H and O–H groups in total. The summed E-state index contributed by atoms with van der Waals surface area (Å²) in [6.07, 6.45) is 0. The maximum absolute atomic E-state index is 6.05. The average molecular weight is 394 g/mol. The predicted molar refractivity (Wildman–Crippen MR) is 123 cm³/mol. The van der Waals surface area contributed by atoms with Crippen molar-refractivity contribution in [1.29, 1.82) is 0 Å². The number of hydrogen-bond acceptors (Lipinski definition) is 5. The highest BCUT2D eigenvalue weighted by atomic mass is 16.3. The van der Waals surface area contributed by atoms with Crippen LogP contribution in [0.5, 0.6) is 0 Å². The molecule has 0 amide bonds. The first-order valence-electron chi connectivity index (χ1n) is 9.93. The second kappa shape index (κ2) is 7.52. The molecule has 5 aromatic rings. The lowest BCUT2D eigenvalue weighted by Crippen LogP contribution is -2.14. The third-order valence-electron chi connectivity index (χ3n) is 5.10. The van der Waals surface area contributed by atoms with E-state index in [9.17, 15) is 0 Å². The summed E-state index contributed by atoms with van der Waals surface area (Å²) in [5.74, 6) is 2.32. The van der Waals surface area contributed by atoms with Crippen molar-refractivity contribution < 1.29 is 4.42 Å². The molecule has 2 heterocycles. The van der Waals surface area contributed by atoms with E-state index in [1.165, 1.54) is 5.56 Å². The Morgan fingerprint density at radius 2 is 1.67 bits per heavy atom. The van der Waals surface area contributed by atoms with Gasteiger partial charge >= 0.3 is 0 Å². The van der Waals surface area contributed by atoms with Gasteiger partial charge in [0, 0.05) is 37.0 Å². The van der Waals surface area contributed by atoms with Gasteiger partial charge < -0.3 is 14.6 Å². The number of anilines is 2. The second-order valence-corrected chi connectivity index (χ2v) is 7.49. The summed E-state index contributed by atoms with van der Waals surface area (Å²) in [5.41, 5.74) is 3.96. The predicted octanol–water partition coefficient (Wildman–Crippen LogP) is 5.72. The van der Waals surface area contributed by atoms with Crippen LogP contribution in [-0.2, 0) is 6.54 Å². The van der Waals surface area contributed by atoms with Crippen molar-refractivity contribution in [3.8, 4) is 11.3 Å². The quantitative estimate of drug-likeness (QED) is 0.413. The van der Waals surface area contributed by atoms with E-state index in [-0.39, 0.29) is 0 Å². The van der Waals surface area contributed by atoms with Crippen LogP contribution in [0.15, 0.2) is 83.3 Å². The van der Waals surface area contributed by atoms with Crippen LogP contribution in [0.25, 0.3) is 33.2 Å². The normalized spacial score (nSPS) is 11.1. The van der Waals surface area contributed by atoms with E-state index in [0.717, 1.165) is 39.0 Å². The van der Waals surface area contributed by atoms with E-state index >= 15 is 0 Å². The van der Waals surface area contributed by atoms with Crippen LogP contribution >= 0.6 is 0 Å². The molecule has 148 valence electrons. The van der Waals surface area contributed by atoms with Crippen molar-refractivity contribution in [2.45, 2.75) is 6.54 Å². The molecule has 0 radical (unpaired) electrons. The van der Waals surface area contributed by atoms with Gasteiger partial charge in [-0.3, -0.25) is 0 Å². The molecule has 0 saturated heterocycles. The number of hydrogen-bond donors (Lipinski definition) is 1. The van der Waals surface area contributed by atoms with Gasteiger partial charge in [0.2, 0.25) is 5.95 Å². The third-order valence-corrected chi connectivity index (χ3v) is 5.10. The molecule has 0 fully saturated rings.